The molecule has 1 N–H and O–H groups in total. The highest BCUT2D eigenvalue weighted by molar-refractivity contribution is 7.13. The standard InChI is InChI=1S/C16H12ClN3OS/c17-9-4-5-13-11(8-9)14(10-2-1-3-12(10)19-13)15(21)20-16-18-6-7-22-16/h4-8H,1-3H2,(H,18,20,21). The van der Waals surface area contributed by atoms with Crippen LogP contribution < -0.4 is 5.32 Å². The Morgan fingerprint density at radius 2 is 2.23 bits per heavy atom. The predicted molar refractivity (Wildman–Crippen MR) is 88.8 cm³/mol. The molecule has 0 bridgehead atoms. The predicted octanol–water partition coefficient (Wildman–Crippen LogP) is 4.09. The first kappa shape index (κ1) is 13.7. The number of carbonyl (C=O) groups is 1. The molecule has 1 aliphatic carbocycles. The maximum atomic E-state index is 12.8. The van der Waals surface area contributed by atoms with Gasteiger partial charge in [-0.3, -0.25) is 15.1 Å². The molecule has 4 rings (SSSR count). The minimum absolute atomic E-state index is 0.136. The van der Waals surface area contributed by atoms with Gasteiger partial charge in [0.05, 0.1) is 11.1 Å². The van der Waals surface area contributed by atoms with Gasteiger partial charge in [-0.15, -0.1) is 11.3 Å². The van der Waals surface area contributed by atoms with Crippen molar-refractivity contribution in [2.24, 2.45) is 0 Å². The van der Waals surface area contributed by atoms with Crippen LogP contribution in [0.4, 0.5) is 5.13 Å². The van der Waals surface area contributed by atoms with Gasteiger partial charge >= 0.3 is 0 Å². The van der Waals surface area contributed by atoms with Gasteiger partial charge in [0, 0.05) is 27.7 Å². The molecule has 4 nitrogen and oxygen atoms in total. The summed E-state index contributed by atoms with van der Waals surface area (Å²) in [5.41, 5.74) is 3.58. The number of hydrogen-bond acceptors (Lipinski definition) is 4. The van der Waals surface area contributed by atoms with Gasteiger partial charge in [0.25, 0.3) is 5.91 Å². The van der Waals surface area contributed by atoms with E-state index in [1.807, 2.05) is 17.5 Å². The number of pyridine rings is 1. The van der Waals surface area contributed by atoms with Gasteiger partial charge in [-0.1, -0.05) is 11.6 Å². The second-order valence-electron chi connectivity index (χ2n) is 5.22. The summed E-state index contributed by atoms with van der Waals surface area (Å²) in [6, 6.07) is 5.50. The average molecular weight is 330 g/mol. The van der Waals surface area contributed by atoms with Crippen LogP contribution in [-0.4, -0.2) is 15.9 Å². The van der Waals surface area contributed by atoms with Crippen molar-refractivity contribution >= 4 is 44.9 Å². The Morgan fingerprint density at radius 3 is 3.05 bits per heavy atom. The van der Waals surface area contributed by atoms with Gasteiger partial charge in [0.2, 0.25) is 0 Å². The van der Waals surface area contributed by atoms with E-state index in [2.05, 4.69) is 15.3 Å². The van der Waals surface area contributed by atoms with Crippen molar-refractivity contribution in [3.05, 3.63) is 51.6 Å². The molecule has 0 saturated carbocycles. The van der Waals surface area contributed by atoms with E-state index in [1.54, 1.807) is 12.3 Å². The van der Waals surface area contributed by atoms with E-state index in [9.17, 15) is 4.79 Å². The third-order valence-electron chi connectivity index (χ3n) is 3.85. The van der Waals surface area contributed by atoms with Crippen LogP contribution in [0.25, 0.3) is 10.9 Å². The van der Waals surface area contributed by atoms with Crippen LogP contribution in [0.1, 0.15) is 28.0 Å². The fraction of sp³-hybridized carbons (Fsp3) is 0.188. The summed E-state index contributed by atoms with van der Waals surface area (Å²) in [5.74, 6) is -0.136. The largest absolute Gasteiger partial charge is 0.298 e. The zero-order chi connectivity index (χ0) is 15.1. The number of benzene rings is 1. The van der Waals surface area contributed by atoms with Gasteiger partial charge in [0.15, 0.2) is 5.13 Å². The number of hydrogen-bond donors (Lipinski definition) is 1. The highest BCUT2D eigenvalue weighted by atomic mass is 35.5. The molecule has 110 valence electrons. The molecular formula is C16H12ClN3OS. The van der Waals surface area contributed by atoms with Gasteiger partial charge in [-0.05, 0) is 43.0 Å². The number of nitrogens with zero attached hydrogens (tertiary/aromatic N) is 2. The minimum atomic E-state index is -0.136. The highest BCUT2D eigenvalue weighted by Gasteiger charge is 2.24. The molecule has 2 heterocycles. The molecule has 2 aromatic heterocycles. The molecule has 22 heavy (non-hydrogen) atoms. The zero-order valence-corrected chi connectivity index (χ0v) is 13.2. The molecule has 0 radical (unpaired) electrons. The molecule has 6 heteroatoms. The van der Waals surface area contributed by atoms with E-state index in [0.29, 0.717) is 15.7 Å². The molecule has 0 atom stereocenters. The number of carbonyl (C=O) groups excluding carboxylic acids is 1. The summed E-state index contributed by atoms with van der Waals surface area (Å²) in [4.78, 5) is 21.6. The minimum Gasteiger partial charge on any atom is -0.298 e. The summed E-state index contributed by atoms with van der Waals surface area (Å²) >= 11 is 7.52. The molecule has 1 amide bonds. The number of halogens is 1. The molecule has 0 unspecified atom stereocenters. The first-order chi connectivity index (χ1) is 10.7. The lowest BCUT2D eigenvalue weighted by Gasteiger charge is -2.12. The van der Waals surface area contributed by atoms with E-state index in [1.165, 1.54) is 11.3 Å². The molecule has 0 aliphatic heterocycles. The van der Waals surface area contributed by atoms with Crippen LogP contribution in [-0.2, 0) is 12.8 Å². The van der Waals surface area contributed by atoms with Crippen LogP contribution in [0, 0.1) is 0 Å². The normalized spacial score (nSPS) is 13.3. The third-order valence-corrected chi connectivity index (χ3v) is 4.78. The molecular weight excluding hydrogens is 318 g/mol. The maximum absolute atomic E-state index is 12.8. The van der Waals surface area contributed by atoms with Crippen molar-refractivity contribution in [3.63, 3.8) is 0 Å². The molecule has 1 aromatic carbocycles. The Kier molecular flexibility index (Phi) is 3.32. The van der Waals surface area contributed by atoms with Crippen LogP contribution >= 0.6 is 22.9 Å². The Morgan fingerprint density at radius 1 is 1.32 bits per heavy atom. The Bertz CT molecular complexity index is 877. The fourth-order valence-corrected chi connectivity index (χ4v) is 3.63. The SMILES string of the molecule is O=C(Nc1nccs1)c1c2c(nc3ccc(Cl)cc13)CCC2. The molecule has 0 saturated heterocycles. The van der Waals surface area contributed by atoms with Crippen molar-refractivity contribution in [1.29, 1.82) is 0 Å². The Labute approximate surface area is 136 Å². The van der Waals surface area contributed by atoms with Crippen molar-refractivity contribution in [3.8, 4) is 0 Å². The summed E-state index contributed by atoms with van der Waals surface area (Å²) < 4.78 is 0. The maximum Gasteiger partial charge on any atom is 0.258 e. The van der Waals surface area contributed by atoms with Crippen LogP contribution in [0.3, 0.4) is 0 Å². The van der Waals surface area contributed by atoms with Gasteiger partial charge in [-0.2, -0.15) is 0 Å². The van der Waals surface area contributed by atoms with Crippen molar-refractivity contribution < 1.29 is 4.79 Å². The number of fused-ring (bicyclic) bond motifs is 2. The van der Waals surface area contributed by atoms with Gasteiger partial charge < -0.3 is 0 Å². The quantitative estimate of drug-likeness (QED) is 0.770. The second-order valence-corrected chi connectivity index (χ2v) is 6.55. The average Bonchev–Trinajstić information content (AvgIpc) is 3.15. The second kappa shape index (κ2) is 5.34. The number of aryl methyl sites for hydroxylation is 1. The van der Waals surface area contributed by atoms with Crippen LogP contribution in [0.5, 0.6) is 0 Å². The van der Waals surface area contributed by atoms with E-state index >= 15 is 0 Å². The van der Waals surface area contributed by atoms with Crippen LogP contribution in [0.2, 0.25) is 5.02 Å². The van der Waals surface area contributed by atoms with E-state index < -0.39 is 0 Å². The number of rotatable bonds is 2. The number of thiazole rings is 1. The van der Waals surface area contributed by atoms with Crippen LogP contribution in [0.15, 0.2) is 29.8 Å². The van der Waals surface area contributed by atoms with Gasteiger partial charge in [0.1, 0.15) is 0 Å². The number of anilines is 1. The van der Waals surface area contributed by atoms with E-state index in [0.717, 1.165) is 41.4 Å². The number of nitrogens with one attached hydrogen (secondary N) is 1. The summed E-state index contributed by atoms with van der Waals surface area (Å²) in [5, 5.41) is 6.73. The lowest BCUT2D eigenvalue weighted by molar-refractivity contribution is 0.102. The fourth-order valence-electron chi connectivity index (χ4n) is 2.94. The summed E-state index contributed by atoms with van der Waals surface area (Å²) in [7, 11) is 0. The molecule has 1 aliphatic rings. The molecule has 0 fully saturated rings. The van der Waals surface area contributed by atoms with Crippen molar-refractivity contribution in [1.82, 2.24) is 9.97 Å². The van der Waals surface area contributed by atoms with E-state index in [-0.39, 0.29) is 5.91 Å². The van der Waals surface area contributed by atoms with Crippen molar-refractivity contribution in [2.75, 3.05) is 5.32 Å². The zero-order valence-electron chi connectivity index (χ0n) is 11.6. The van der Waals surface area contributed by atoms with E-state index in [4.69, 9.17) is 11.6 Å². The first-order valence-corrected chi connectivity index (χ1v) is 8.30. The molecule has 0 spiro atoms. The molecule has 3 aromatic rings. The third kappa shape index (κ3) is 2.26. The first-order valence-electron chi connectivity index (χ1n) is 7.04. The lowest BCUT2D eigenvalue weighted by Crippen LogP contribution is -2.15. The summed E-state index contributed by atoms with van der Waals surface area (Å²) in [6.45, 7) is 0. The highest BCUT2D eigenvalue weighted by Crippen LogP contribution is 2.32. The van der Waals surface area contributed by atoms with Gasteiger partial charge in [-0.25, -0.2) is 4.98 Å². The monoisotopic (exact) mass is 329 g/mol. The number of amides is 1. The Balaban J connectivity index is 1.90. The number of aromatic nitrogens is 2. The Hall–Kier alpha value is -1.98. The van der Waals surface area contributed by atoms with Crippen molar-refractivity contribution in [2.45, 2.75) is 19.3 Å². The lowest BCUT2D eigenvalue weighted by atomic mass is 10.0. The smallest absolute Gasteiger partial charge is 0.258 e. The summed E-state index contributed by atoms with van der Waals surface area (Å²) in [6.07, 6.45) is 4.51. The topological polar surface area (TPSA) is 54.9 Å².